The van der Waals surface area contributed by atoms with Crippen LogP contribution in [0.5, 0.6) is 0 Å². The number of amides is 1. The first-order chi connectivity index (χ1) is 14.4. The zero-order chi connectivity index (χ0) is 21.3. The maximum atomic E-state index is 13.2. The fraction of sp³-hybridized carbons (Fsp3) is 0.182. The normalized spacial score (nSPS) is 11.7. The molecule has 0 aliphatic heterocycles. The predicted octanol–water partition coefficient (Wildman–Crippen LogP) is 6.45. The van der Waals surface area contributed by atoms with Crippen LogP contribution in [0.1, 0.15) is 28.6 Å². The number of hydrogen-bond acceptors (Lipinski definition) is 3. The molecule has 4 rings (SSSR count). The van der Waals surface area contributed by atoms with Crippen LogP contribution in [0.4, 0.5) is 18.9 Å². The van der Waals surface area contributed by atoms with E-state index in [9.17, 15) is 18.0 Å². The van der Waals surface area contributed by atoms with E-state index in [1.165, 1.54) is 29.5 Å². The summed E-state index contributed by atoms with van der Waals surface area (Å²) in [6.45, 7) is 2.85. The number of para-hydroxylation sites is 3. The van der Waals surface area contributed by atoms with E-state index in [0.29, 0.717) is 4.88 Å². The molecule has 1 amide bonds. The molecule has 0 aliphatic rings. The van der Waals surface area contributed by atoms with Crippen LogP contribution < -0.4 is 5.32 Å². The second kappa shape index (κ2) is 7.95. The van der Waals surface area contributed by atoms with E-state index in [1.54, 1.807) is 12.1 Å². The van der Waals surface area contributed by atoms with Gasteiger partial charge in [-0.25, -0.2) is 4.98 Å². The highest BCUT2D eigenvalue weighted by atomic mass is 32.1. The van der Waals surface area contributed by atoms with Crippen molar-refractivity contribution < 1.29 is 18.0 Å². The minimum absolute atomic E-state index is 0.261. The summed E-state index contributed by atoms with van der Waals surface area (Å²) < 4.78 is 41.7. The van der Waals surface area contributed by atoms with Crippen molar-refractivity contribution in [3.63, 3.8) is 0 Å². The van der Waals surface area contributed by atoms with Crippen LogP contribution in [0.2, 0.25) is 0 Å². The number of thiophene rings is 1. The summed E-state index contributed by atoms with van der Waals surface area (Å²) in [5.41, 5.74) is 0.732. The molecule has 4 aromatic rings. The first-order valence-corrected chi connectivity index (χ1v) is 10.2. The van der Waals surface area contributed by atoms with Gasteiger partial charge in [0.15, 0.2) is 5.82 Å². The third-order valence-corrected chi connectivity index (χ3v) is 5.71. The molecular formula is C22H18F3N3OS. The number of benzene rings is 2. The minimum atomic E-state index is -4.55. The lowest BCUT2D eigenvalue weighted by molar-refractivity contribution is -0.136. The first-order valence-electron chi connectivity index (χ1n) is 9.41. The Kier molecular flexibility index (Phi) is 5.34. The Labute approximate surface area is 175 Å². The summed E-state index contributed by atoms with van der Waals surface area (Å²) in [5, 5.41) is 2.39. The van der Waals surface area contributed by atoms with E-state index in [0.717, 1.165) is 40.8 Å². The lowest BCUT2D eigenvalue weighted by Gasteiger charge is -2.12. The quantitative estimate of drug-likeness (QED) is 0.396. The van der Waals surface area contributed by atoms with Crippen molar-refractivity contribution in [2.45, 2.75) is 26.1 Å². The second-order valence-corrected chi connectivity index (χ2v) is 7.82. The van der Waals surface area contributed by atoms with Crippen molar-refractivity contribution in [2.75, 3.05) is 5.32 Å². The van der Waals surface area contributed by atoms with Crippen LogP contribution in [0.15, 0.2) is 60.7 Å². The van der Waals surface area contributed by atoms with E-state index in [4.69, 9.17) is 4.98 Å². The number of fused-ring (bicyclic) bond motifs is 1. The Hall–Kier alpha value is -3.13. The van der Waals surface area contributed by atoms with Crippen molar-refractivity contribution in [3.8, 4) is 10.7 Å². The lowest BCUT2D eigenvalue weighted by Crippen LogP contribution is -2.15. The molecule has 2 heterocycles. The summed E-state index contributed by atoms with van der Waals surface area (Å²) in [6, 6.07) is 16.1. The molecule has 0 spiro atoms. The predicted molar refractivity (Wildman–Crippen MR) is 113 cm³/mol. The Balaban J connectivity index is 1.65. The maximum absolute atomic E-state index is 13.2. The van der Waals surface area contributed by atoms with Crippen LogP contribution >= 0.6 is 11.3 Å². The SMILES string of the molecule is CCCn1c(-c2ccc(C(=O)Nc3ccccc3C(F)(F)F)s2)nc2ccccc21. The van der Waals surface area contributed by atoms with E-state index in [1.807, 2.05) is 24.3 Å². The van der Waals surface area contributed by atoms with Gasteiger partial charge in [-0.2, -0.15) is 13.2 Å². The number of alkyl halides is 3. The molecule has 0 radical (unpaired) electrons. The fourth-order valence-electron chi connectivity index (χ4n) is 3.32. The Morgan fingerprint density at radius 1 is 1.07 bits per heavy atom. The van der Waals surface area contributed by atoms with Crippen LogP contribution in [0.3, 0.4) is 0 Å². The van der Waals surface area contributed by atoms with Gasteiger partial charge < -0.3 is 9.88 Å². The minimum Gasteiger partial charge on any atom is -0.323 e. The Morgan fingerprint density at radius 3 is 2.57 bits per heavy atom. The third-order valence-electron chi connectivity index (χ3n) is 4.63. The largest absolute Gasteiger partial charge is 0.418 e. The number of nitrogens with one attached hydrogen (secondary N) is 1. The molecule has 0 saturated carbocycles. The van der Waals surface area contributed by atoms with Gasteiger partial charge in [-0.05, 0) is 42.8 Å². The molecule has 0 bridgehead atoms. The van der Waals surface area contributed by atoms with Gasteiger partial charge in [0.05, 0.1) is 32.0 Å². The van der Waals surface area contributed by atoms with Crippen LogP contribution in [0.25, 0.3) is 21.7 Å². The maximum Gasteiger partial charge on any atom is 0.418 e. The smallest absolute Gasteiger partial charge is 0.323 e. The number of anilines is 1. The average molecular weight is 429 g/mol. The van der Waals surface area contributed by atoms with Crippen LogP contribution in [-0.2, 0) is 12.7 Å². The number of nitrogens with zero attached hydrogens (tertiary/aromatic N) is 2. The highest BCUT2D eigenvalue weighted by molar-refractivity contribution is 7.17. The Bertz CT molecular complexity index is 1210. The highest BCUT2D eigenvalue weighted by Crippen LogP contribution is 2.35. The summed E-state index contributed by atoms with van der Waals surface area (Å²) in [5.74, 6) is 0.166. The summed E-state index contributed by atoms with van der Waals surface area (Å²) in [4.78, 5) is 18.4. The number of hydrogen-bond donors (Lipinski definition) is 1. The van der Waals surface area contributed by atoms with Crippen LogP contribution in [0, 0.1) is 0 Å². The molecule has 0 fully saturated rings. The molecular weight excluding hydrogens is 411 g/mol. The van der Waals surface area contributed by atoms with Gasteiger partial charge in [0.1, 0.15) is 0 Å². The molecule has 0 unspecified atom stereocenters. The van der Waals surface area contributed by atoms with Gasteiger partial charge in [-0.1, -0.05) is 31.2 Å². The Morgan fingerprint density at radius 2 is 1.80 bits per heavy atom. The summed E-state index contributed by atoms with van der Waals surface area (Å²) >= 11 is 1.21. The molecule has 2 aromatic heterocycles. The van der Waals surface area contributed by atoms with Crippen molar-refractivity contribution in [3.05, 3.63) is 71.1 Å². The second-order valence-electron chi connectivity index (χ2n) is 6.74. The number of carbonyl (C=O) groups is 1. The zero-order valence-electron chi connectivity index (χ0n) is 16.0. The molecule has 0 aliphatic carbocycles. The standard InChI is InChI=1S/C22H18F3N3OS/c1-2-13-28-17-10-6-5-9-16(17)26-20(28)18-11-12-19(30-18)21(29)27-15-8-4-3-7-14(15)22(23,24)25/h3-12H,2,13H2,1H3,(H,27,29). The van der Waals surface area contributed by atoms with Crippen molar-refractivity contribution in [2.24, 2.45) is 0 Å². The molecule has 8 heteroatoms. The molecule has 154 valence electrons. The number of rotatable bonds is 5. The molecule has 0 saturated heterocycles. The molecule has 2 aromatic carbocycles. The van der Waals surface area contributed by atoms with E-state index in [-0.39, 0.29) is 5.69 Å². The summed E-state index contributed by atoms with van der Waals surface area (Å²) in [6.07, 6.45) is -3.63. The fourth-order valence-corrected chi connectivity index (χ4v) is 4.22. The zero-order valence-corrected chi connectivity index (χ0v) is 16.8. The molecule has 0 atom stereocenters. The van der Waals surface area contributed by atoms with Crippen LogP contribution in [-0.4, -0.2) is 15.5 Å². The van der Waals surface area contributed by atoms with Gasteiger partial charge in [0.25, 0.3) is 5.91 Å². The first kappa shape index (κ1) is 20.2. The molecule has 30 heavy (non-hydrogen) atoms. The van der Waals surface area contributed by atoms with E-state index < -0.39 is 17.6 Å². The number of carbonyl (C=O) groups excluding carboxylic acids is 1. The third kappa shape index (κ3) is 3.82. The van der Waals surface area contributed by atoms with Gasteiger partial charge in [0.2, 0.25) is 0 Å². The summed E-state index contributed by atoms with van der Waals surface area (Å²) in [7, 11) is 0. The average Bonchev–Trinajstić information content (AvgIpc) is 3.33. The number of imidazole rings is 1. The molecule has 1 N–H and O–H groups in total. The van der Waals surface area contributed by atoms with E-state index >= 15 is 0 Å². The highest BCUT2D eigenvalue weighted by Gasteiger charge is 2.33. The van der Waals surface area contributed by atoms with Crippen molar-refractivity contribution in [1.82, 2.24) is 9.55 Å². The van der Waals surface area contributed by atoms with Crippen molar-refractivity contribution in [1.29, 1.82) is 0 Å². The van der Waals surface area contributed by atoms with Gasteiger partial charge in [-0.3, -0.25) is 4.79 Å². The van der Waals surface area contributed by atoms with Gasteiger partial charge in [0, 0.05) is 6.54 Å². The van der Waals surface area contributed by atoms with Gasteiger partial charge >= 0.3 is 6.18 Å². The topological polar surface area (TPSA) is 46.9 Å². The van der Waals surface area contributed by atoms with E-state index in [2.05, 4.69) is 16.8 Å². The lowest BCUT2D eigenvalue weighted by atomic mass is 10.1. The monoisotopic (exact) mass is 429 g/mol. The van der Waals surface area contributed by atoms with Crippen molar-refractivity contribution >= 4 is 34.0 Å². The number of halogens is 3. The molecule has 4 nitrogen and oxygen atoms in total. The van der Waals surface area contributed by atoms with Gasteiger partial charge in [-0.15, -0.1) is 11.3 Å². The number of aromatic nitrogens is 2. The number of aryl methyl sites for hydroxylation is 1.